The molecule has 13 heteroatoms. The first-order valence-corrected chi connectivity index (χ1v) is 17.0. The summed E-state index contributed by atoms with van der Waals surface area (Å²) < 4.78 is 40.4. The van der Waals surface area contributed by atoms with Gasteiger partial charge >= 0.3 is 0 Å². The van der Waals surface area contributed by atoms with Crippen molar-refractivity contribution >= 4 is 61.9 Å². The van der Waals surface area contributed by atoms with E-state index in [-0.39, 0.29) is 26.7 Å². The van der Waals surface area contributed by atoms with Crippen molar-refractivity contribution in [3.8, 4) is 0 Å². The zero-order valence-corrected chi connectivity index (χ0v) is 27.0. The number of sulfonamides is 1. The summed E-state index contributed by atoms with van der Waals surface area (Å²) in [5.41, 5.74) is 3.42. The fourth-order valence-electron chi connectivity index (χ4n) is 5.38. The molecule has 2 amide bonds. The minimum atomic E-state index is -4.31. The molecule has 2 heterocycles. The van der Waals surface area contributed by atoms with E-state index in [0.29, 0.717) is 37.8 Å². The zero-order valence-electron chi connectivity index (χ0n) is 25.4. The molecule has 2 aliphatic rings. The molecular weight excluding hydrogens is 642 g/mol. The number of nitrogens with zero attached hydrogens (tertiary/aromatic N) is 2. The molecule has 47 heavy (non-hydrogen) atoms. The number of ether oxygens (including phenoxy) is 2. The predicted octanol–water partition coefficient (Wildman–Crippen LogP) is 5.32. The third-order valence-electron chi connectivity index (χ3n) is 7.90. The van der Waals surface area contributed by atoms with Crippen LogP contribution in [0.1, 0.15) is 20.7 Å². The molecule has 0 atom stereocenters. The van der Waals surface area contributed by atoms with Crippen LogP contribution in [0.3, 0.4) is 0 Å². The van der Waals surface area contributed by atoms with Crippen LogP contribution in [0.5, 0.6) is 0 Å². The molecular formula is C34H34ClN5O6S. The van der Waals surface area contributed by atoms with Crippen LogP contribution < -0.4 is 25.2 Å². The van der Waals surface area contributed by atoms with Gasteiger partial charge in [-0.05, 0) is 78.9 Å². The largest absolute Gasteiger partial charge is 0.378 e. The number of amides is 2. The van der Waals surface area contributed by atoms with Crippen LogP contribution in [0.4, 0.5) is 28.4 Å². The highest BCUT2D eigenvalue weighted by atomic mass is 35.5. The third kappa shape index (κ3) is 7.86. The number of benzene rings is 4. The van der Waals surface area contributed by atoms with Gasteiger partial charge in [-0.3, -0.25) is 14.3 Å². The molecule has 4 aromatic rings. The van der Waals surface area contributed by atoms with Crippen LogP contribution in [0.2, 0.25) is 5.02 Å². The van der Waals surface area contributed by atoms with Crippen molar-refractivity contribution in [2.75, 3.05) is 77.8 Å². The second kappa shape index (κ2) is 14.4. The fourth-order valence-corrected chi connectivity index (χ4v) is 6.98. The lowest BCUT2D eigenvalue weighted by molar-refractivity contribution is 0.101. The average Bonchev–Trinajstić information content (AvgIpc) is 3.10. The second-order valence-electron chi connectivity index (χ2n) is 11.0. The van der Waals surface area contributed by atoms with Crippen molar-refractivity contribution in [1.82, 2.24) is 0 Å². The highest BCUT2D eigenvalue weighted by Crippen LogP contribution is 2.28. The average molecular weight is 676 g/mol. The van der Waals surface area contributed by atoms with Gasteiger partial charge in [0.05, 0.1) is 42.7 Å². The number of halogens is 1. The van der Waals surface area contributed by atoms with Gasteiger partial charge in [0.15, 0.2) is 0 Å². The van der Waals surface area contributed by atoms with E-state index in [1.165, 1.54) is 30.3 Å². The van der Waals surface area contributed by atoms with E-state index in [9.17, 15) is 18.0 Å². The molecule has 4 aromatic carbocycles. The van der Waals surface area contributed by atoms with Gasteiger partial charge in [-0.15, -0.1) is 0 Å². The topological polar surface area (TPSA) is 129 Å². The van der Waals surface area contributed by atoms with E-state index in [1.54, 1.807) is 36.4 Å². The Morgan fingerprint density at radius 2 is 1.17 bits per heavy atom. The monoisotopic (exact) mass is 675 g/mol. The molecule has 0 radical (unpaired) electrons. The van der Waals surface area contributed by atoms with E-state index < -0.39 is 21.8 Å². The normalized spacial score (nSPS) is 15.2. The molecule has 11 nitrogen and oxygen atoms in total. The highest BCUT2D eigenvalue weighted by molar-refractivity contribution is 7.92. The zero-order chi connectivity index (χ0) is 32.8. The second-order valence-corrected chi connectivity index (χ2v) is 13.1. The molecule has 6 rings (SSSR count). The summed E-state index contributed by atoms with van der Waals surface area (Å²) in [6.45, 7) is 5.83. The summed E-state index contributed by atoms with van der Waals surface area (Å²) in [7, 11) is -4.31. The van der Waals surface area contributed by atoms with Crippen LogP contribution >= 0.6 is 11.6 Å². The van der Waals surface area contributed by atoms with Gasteiger partial charge in [-0.1, -0.05) is 23.7 Å². The Balaban J connectivity index is 1.14. The van der Waals surface area contributed by atoms with Crippen LogP contribution in [0.15, 0.2) is 95.9 Å². The van der Waals surface area contributed by atoms with Crippen LogP contribution in [0, 0.1) is 0 Å². The number of morpholine rings is 2. The lowest BCUT2D eigenvalue weighted by Crippen LogP contribution is -2.36. The van der Waals surface area contributed by atoms with Crippen LogP contribution in [0.25, 0.3) is 0 Å². The lowest BCUT2D eigenvalue weighted by atomic mass is 10.1. The molecule has 2 saturated heterocycles. The quantitative estimate of drug-likeness (QED) is 0.218. The lowest BCUT2D eigenvalue weighted by Gasteiger charge is -2.28. The Hall–Kier alpha value is -4.62. The van der Waals surface area contributed by atoms with Crippen molar-refractivity contribution in [1.29, 1.82) is 0 Å². The molecule has 2 fully saturated rings. The van der Waals surface area contributed by atoms with Gasteiger partial charge in [-0.2, -0.15) is 0 Å². The van der Waals surface area contributed by atoms with Gasteiger partial charge in [-0.25, -0.2) is 8.42 Å². The molecule has 0 aliphatic carbocycles. The van der Waals surface area contributed by atoms with E-state index in [2.05, 4.69) is 25.2 Å². The van der Waals surface area contributed by atoms with Gasteiger partial charge < -0.3 is 29.9 Å². The Morgan fingerprint density at radius 3 is 1.72 bits per heavy atom. The minimum Gasteiger partial charge on any atom is -0.378 e. The standard InChI is InChI=1S/C34H34ClN5O6S/c35-30-14-5-24(33(41)36-25-6-10-27(11-7-25)39-15-19-45-20-16-39)23-32(30)47(43,44)38-31-4-2-1-3-29(31)34(42)37-26-8-12-28(13-9-26)40-17-21-46-22-18-40/h1-14,23,38H,15-22H2,(H,36,41)(H,37,42). The van der Waals surface area contributed by atoms with Crippen molar-refractivity contribution in [3.63, 3.8) is 0 Å². The van der Waals surface area contributed by atoms with E-state index in [4.69, 9.17) is 21.1 Å². The van der Waals surface area contributed by atoms with Crippen LogP contribution in [-0.2, 0) is 19.5 Å². The number of rotatable bonds is 9. The summed E-state index contributed by atoms with van der Waals surface area (Å²) in [4.78, 5) is 30.5. The predicted molar refractivity (Wildman–Crippen MR) is 184 cm³/mol. The number of hydrogen-bond acceptors (Lipinski definition) is 8. The van der Waals surface area contributed by atoms with Crippen molar-refractivity contribution in [3.05, 3.63) is 107 Å². The molecule has 2 aliphatic heterocycles. The van der Waals surface area contributed by atoms with Crippen molar-refractivity contribution in [2.45, 2.75) is 4.90 Å². The minimum absolute atomic E-state index is 0.0567. The SMILES string of the molecule is O=C(Nc1ccc(N2CCOCC2)cc1)c1ccc(Cl)c(S(=O)(=O)Nc2ccccc2C(=O)Nc2ccc(N3CCOCC3)cc2)c1. The van der Waals surface area contributed by atoms with E-state index in [1.807, 2.05) is 24.3 Å². The van der Waals surface area contributed by atoms with E-state index >= 15 is 0 Å². The number of hydrogen-bond donors (Lipinski definition) is 3. The maximum atomic E-state index is 13.6. The number of nitrogens with one attached hydrogen (secondary N) is 3. The van der Waals surface area contributed by atoms with Gasteiger partial charge in [0.25, 0.3) is 21.8 Å². The number of carbonyl (C=O) groups excluding carboxylic acids is 2. The van der Waals surface area contributed by atoms with Gasteiger partial charge in [0, 0.05) is 54.5 Å². The highest BCUT2D eigenvalue weighted by Gasteiger charge is 2.23. The molecule has 0 saturated carbocycles. The number of anilines is 5. The Morgan fingerprint density at radius 1 is 0.660 bits per heavy atom. The first-order chi connectivity index (χ1) is 22.8. The smallest absolute Gasteiger partial charge is 0.263 e. The number of carbonyl (C=O) groups is 2. The maximum Gasteiger partial charge on any atom is 0.263 e. The van der Waals surface area contributed by atoms with E-state index in [0.717, 1.165) is 37.6 Å². The maximum absolute atomic E-state index is 13.6. The summed E-state index contributed by atoms with van der Waals surface area (Å²) in [5.74, 6) is -1.00. The van der Waals surface area contributed by atoms with Crippen molar-refractivity contribution in [2.24, 2.45) is 0 Å². The molecule has 244 valence electrons. The fraction of sp³-hybridized carbons (Fsp3) is 0.235. The van der Waals surface area contributed by atoms with Crippen molar-refractivity contribution < 1.29 is 27.5 Å². The molecule has 3 N–H and O–H groups in total. The summed E-state index contributed by atoms with van der Waals surface area (Å²) in [6.07, 6.45) is 0. The third-order valence-corrected chi connectivity index (χ3v) is 9.75. The van der Waals surface area contributed by atoms with Gasteiger partial charge in [0.1, 0.15) is 4.90 Å². The first kappa shape index (κ1) is 32.3. The summed E-state index contributed by atoms with van der Waals surface area (Å²) >= 11 is 6.33. The first-order valence-electron chi connectivity index (χ1n) is 15.2. The molecule has 0 aromatic heterocycles. The van der Waals surface area contributed by atoms with Crippen LogP contribution in [-0.4, -0.2) is 72.8 Å². The summed E-state index contributed by atoms with van der Waals surface area (Å²) in [6, 6.07) is 25.1. The molecule has 0 bridgehead atoms. The molecule has 0 spiro atoms. The van der Waals surface area contributed by atoms with Gasteiger partial charge in [0.2, 0.25) is 0 Å². The summed E-state index contributed by atoms with van der Waals surface area (Å²) in [5, 5.41) is 5.56. The Labute approximate surface area is 278 Å². The number of para-hydroxylation sites is 1. The Kier molecular flexibility index (Phi) is 9.92. The molecule has 0 unspecified atom stereocenters. The Bertz CT molecular complexity index is 1840.